The highest BCUT2D eigenvalue weighted by atomic mass is 32.2. The van der Waals surface area contributed by atoms with Crippen molar-refractivity contribution < 1.29 is 4.79 Å². The second-order valence-electron chi connectivity index (χ2n) is 6.39. The average molecular weight is 407 g/mol. The van der Waals surface area contributed by atoms with Crippen LogP contribution in [-0.2, 0) is 4.79 Å². The van der Waals surface area contributed by atoms with E-state index < -0.39 is 0 Å². The third-order valence-electron chi connectivity index (χ3n) is 4.27. The van der Waals surface area contributed by atoms with E-state index in [9.17, 15) is 4.79 Å². The fraction of sp³-hybridized carbons (Fsp3) is 0.143. The highest BCUT2D eigenvalue weighted by Gasteiger charge is 2.12. The van der Waals surface area contributed by atoms with Crippen LogP contribution in [0.4, 0.5) is 5.13 Å². The van der Waals surface area contributed by atoms with Gasteiger partial charge in [-0.2, -0.15) is 0 Å². The highest BCUT2D eigenvalue weighted by Crippen LogP contribution is 2.29. The third kappa shape index (κ3) is 4.05. The number of benzene rings is 2. The lowest BCUT2D eigenvalue weighted by molar-refractivity contribution is -0.113. The molecular formula is C21H18N4OS2. The van der Waals surface area contributed by atoms with Gasteiger partial charge in [0.15, 0.2) is 5.13 Å². The number of carbonyl (C=O) groups is 1. The van der Waals surface area contributed by atoms with Crippen LogP contribution in [0.5, 0.6) is 0 Å². The lowest BCUT2D eigenvalue weighted by Gasteiger charge is -2.05. The van der Waals surface area contributed by atoms with Gasteiger partial charge in [0.1, 0.15) is 11.4 Å². The summed E-state index contributed by atoms with van der Waals surface area (Å²) in [5.74, 6) is 0.161. The molecule has 0 spiro atoms. The molecule has 4 aromatic rings. The SMILES string of the molecule is Cc1ccc(C)c(-c2csc(NC(=O)CSc3ncnc4ccccc34)n2)c1. The van der Waals surface area contributed by atoms with E-state index in [4.69, 9.17) is 0 Å². The first-order chi connectivity index (χ1) is 13.6. The Labute approximate surface area is 171 Å². The van der Waals surface area contributed by atoms with E-state index in [-0.39, 0.29) is 11.7 Å². The van der Waals surface area contributed by atoms with Crippen LogP contribution in [0.15, 0.2) is 59.2 Å². The number of amides is 1. The van der Waals surface area contributed by atoms with E-state index in [1.54, 1.807) is 0 Å². The molecule has 0 aliphatic heterocycles. The van der Waals surface area contributed by atoms with Gasteiger partial charge in [-0.25, -0.2) is 15.0 Å². The maximum atomic E-state index is 12.4. The molecular weight excluding hydrogens is 388 g/mol. The third-order valence-corrected chi connectivity index (χ3v) is 6.03. The summed E-state index contributed by atoms with van der Waals surface area (Å²) >= 11 is 2.83. The summed E-state index contributed by atoms with van der Waals surface area (Å²) in [7, 11) is 0. The Bertz CT molecular complexity index is 1150. The quantitative estimate of drug-likeness (QED) is 0.369. The number of nitrogens with one attached hydrogen (secondary N) is 1. The van der Waals surface area contributed by atoms with E-state index in [0.717, 1.165) is 27.2 Å². The molecule has 0 saturated heterocycles. The van der Waals surface area contributed by atoms with Crippen LogP contribution in [0.2, 0.25) is 0 Å². The minimum Gasteiger partial charge on any atom is -0.301 e. The van der Waals surface area contributed by atoms with Crippen LogP contribution in [0.25, 0.3) is 22.2 Å². The normalized spacial score (nSPS) is 10.9. The standard InChI is InChI=1S/C21H18N4OS2/c1-13-7-8-14(2)16(9-13)18-10-28-21(24-18)25-19(26)11-27-20-15-5-3-4-6-17(15)22-12-23-20/h3-10,12H,11H2,1-2H3,(H,24,25,26). The van der Waals surface area contributed by atoms with Crippen LogP contribution in [0.3, 0.4) is 0 Å². The lowest BCUT2D eigenvalue weighted by atomic mass is 10.0. The predicted octanol–water partition coefficient (Wildman–Crippen LogP) is 5.10. The first kappa shape index (κ1) is 18.6. The van der Waals surface area contributed by atoms with Crippen LogP contribution in [-0.4, -0.2) is 26.6 Å². The van der Waals surface area contributed by atoms with Gasteiger partial charge in [-0.05, 0) is 31.5 Å². The Hall–Kier alpha value is -2.77. The number of aromatic nitrogens is 3. The van der Waals surface area contributed by atoms with Crippen LogP contribution in [0, 0.1) is 13.8 Å². The summed E-state index contributed by atoms with van der Waals surface area (Å²) < 4.78 is 0. The highest BCUT2D eigenvalue weighted by molar-refractivity contribution is 8.00. The van der Waals surface area contributed by atoms with Gasteiger partial charge in [0.2, 0.25) is 5.91 Å². The Morgan fingerprint density at radius 3 is 2.89 bits per heavy atom. The van der Waals surface area contributed by atoms with E-state index in [2.05, 4.69) is 52.3 Å². The monoisotopic (exact) mass is 406 g/mol. The largest absolute Gasteiger partial charge is 0.301 e. The number of thioether (sulfide) groups is 1. The van der Waals surface area contributed by atoms with Gasteiger partial charge >= 0.3 is 0 Å². The van der Waals surface area contributed by atoms with Crippen LogP contribution in [0.1, 0.15) is 11.1 Å². The zero-order valence-corrected chi connectivity index (χ0v) is 17.1. The van der Waals surface area contributed by atoms with E-state index >= 15 is 0 Å². The van der Waals surface area contributed by atoms with Crippen LogP contribution >= 0.6 is 23.1 Å². The van der Waals surface area contributed by atoms with Gasteiger partial charge in [0.05, 0.1) is 17.0 Å². The van der Waals surface area contributed by atoms with Crippen molar-refractivity contribution in [1.82, 2.24) is 15.0 Å². The number of nitrogens with zero attached hydrogens (tertiary/aromatic N) is 3. The van der Waals surface area contributed by atoms with Gasteiger partial charge < -0.3 is 5.32 Å². The zero-order chi connectivity index (χ0) is 19.5. The first-order valence-corrected chi connectivity index (χ1v) is 10.6. The summed E-state index contributed by atoms with van der Waals surface area (Å²) in [5, 5.41) is 7.22. The molecule has 0 atom stereocenters. The molecule has 2 aromatic heterocycles. The average Bonchev–Trinajstić information content (AvgIpc) is 3.16. The first-order valence-electron chi connectivity index (χ1n) is 8.76. The number of thiazole rings is 1. The van der Waals surface area contributed by atoms with Crippen LogP contribution < -0.4 is 5.32 Å². The summed E-state index contributed by atoms with van der Waals surface area (Å²) in [5.41, 5.74) is 5.21. The zero-order valence-electron chi connectivity index (χ0n) is 15.5. The molecule has 0 radical (unpaired) electrons. The lowest BCUT2D eigenvalue weighted by Crippen LogP contribution is -2.14. The van der Waals surface area contributed by atoms with Crippen molar-refractivity contribution in [2.75, 3.05) is 11.1 Å². The number of rotatable bonds is 5. The molecule has 0 fully saturated rings. The van der Waals surface area contributed by atoms with E-state index in [1.807, 2.05) is 29.6 Å². The molecule has 2 heterocycles. The van der Waals surface area contributed by atoms with Gasteiger partial charge in [-0.1, -0.05) is 47.7 Å². The summed E-state index contributed by atoms with van der Waals surface area (Å²) in [6.45, 7) is 4.13. The number of hydrogen-bond acceptors (Lipinski definition) is 6. The van der Waals surface area contributed by atoms with E-state index in [1.165, 1.54) is 40.6 Å². The van der Waals surface area contributed by atoms with Gasteiger partial charge in [-0.15, -0.1) is 11.3 Å². The Balaban J connectivity index is 1.43. The Morgan fingerprint density at radius 1 is 1.14 bits per heavy atom. The van der Waals surface area contributed by atoms with Crippen molar-refractivity contribution in [1.29, 1.82) is 0 Å². The number of fused-ring (bicyclic) bond motifs is 1. The number of anilines is 1. The molecule has 7 heteroatoms. The fourth-order valence-corrected chi connectivity index (χ4v) is 4.37. The van der Waals surface area contributed by atoms with Gasteiger partial charge in [0, 0.05) is 16.3 Å². The second kappa shape index (κ2) is 8.08. The molecule has 140 valence electrons. The molecule has 0 aliphatic rings. The minimum absolute atomic E-state index is 0.102. The summed E-state index contributed by atoms with van der Waals surface area (Å²) in [6.07, 6.45) is 1.53. The molecule has 2 aromatic carbocycles. The molecule has 0 unspecified atom stereocenters. The van der Waals surface area contributed by atoms with Crippen molar-refractivity contribution >= 4 is 45.0 Å². The minimum atomic E-state index is -0.102. The Morgan fingerprint density at radius 2 is 2.00 bits per heavy atom. The number of para-hydroxylation sites is 1. The maximum Gasteiger partial charge on any atom is 0.236 e. The Kier molecular flexibility index (Phi) is 5.36. The molecule has 1 N–H and O–H groups in total. The second-order valence-corrected chi connectivity index (χ2v) is 8.21. The molecule has 4 rings (SSSR count). The van der Waals surface area contributed by atoms with Crippen molar-refractivity contribution in [3.8, 4) is 11.3 Å². The fourth-order valence-electron chi connectivity index (χ4n) is 2.85. The van der Waals surface area contributed by atoms with Gasteiger partial charge in [-0.3, -0.25) is 4.79 Å². The maximum absolute atomic E-state index is 12.4. The number of carbonyl (C=O) groups excluding carboxylic acids is 1. The van der Waals surface area contributed by atoms with Crippen molar-refractivity contribution in [3.63, 3.8) is 0 Å². The molecule has 28 heavy (non-hydrogen) atoms. The van der Waals surface area contributed by atoms with Gasteiger partial charge in [0.25, 0.3) is 0 Å². The molecule has 5 nitrogen and oxygen atoms in total. The predicted molar refractivity (Wildman–Crippen MR) is 116 cm³/mol. The van der Waals surface area contributed by atoms with E-state index in [0.29, 0.717) is 5.13 Å². The van der Waals surface area contributed by atoms with Crippen molar-refractivity contribution in [2.45, 2.75) is 18.9 Å². The molecule has 1 amide bonds. The molecule has 0 bridgehead atoms. The van der Waals surface area contributed by atoms with Crippen molar-refractivity contribution in [2.24, 2.45) is 0 Å². The summed E-state index contributed by atoms with van der Waals surface area (Å²) in [4.78, 5) is 25.5. The smallest absolute Gasteiger partial charge is 0.236 e. The van der Waals surface area contributed by atoms with Crippen molar-refractivity contribution in [3.05, 3.63) is 65.3 Å². The number of aryl methyl sites for hydroxylation is 2. The molecule has 0 saturated carbocycles. The number of hydrogen-bond donors (Lipinski definition) is 1. The summed E-state index contributed by atoms with van der Waals surface area (Å²) in [6, 6.07) is 14.1. The molecule has 0 aliphatic carbocycles. The topological polar surface area (TPSA) is 67.8 Å².